The van der Waals surface area contributed by atoms with Crippen LogP contribution in [0.5, 0.6) is 0 Å². The van der Waals surface area contributed by atoms with Gasteiger partial charge in [0.1, 0.15) is 0 Å². The summed E-state index contributed by atoms with van der Waals surface area (Å²) >= 11 is 0. The lowest BCUT2D eigenvalue weighted by atomic mass is 9.86. The van der Waals surface area contributed by atoms with Crippen LogP contribution in [0.15, 0.2) is 0 Å². The average molecular weight is 167 g/mol. The fourth-order valence-corrected chi connectivity index (χ4v) is 2.83. The van der Waals surface area contributed by atoms with E-state index in [4.69, 9.17) is 0 Å². The van der Waals surface area contributed by atoms with Gasteiger partial charge in [-0.15, -0.1) is 0 Å². The van der Waals surface area contributed by atoms with Crippen molar-refractivity contribution in [3.8, 4) is 0 Å². The van der Waals surface area contributed by atoms with Crippen molar-refractivity contribution in [1.82, 2.24) is 4.90 Å². The molecule has 0 amide bonds. The van der Waals surface area contributed by atoms with Crippen molar-refractivity contribution in [3.05, 3.63) is 0 Å². The molecule has 1 heterocycles. The molecule has 0 aromatic rings. The molecule has 1 aliphatic heterocycles. The van der Waals surface area contributed by atoms with Crippen molar-refractivity contribution in [2.75, 3.05) is 13.6 Å². The second kappa shape index (κ2) is 2.73. The monoisotopic (exact) mass is 167 g/mol. The van der Waals surface area contributed by atoms with Gasteiger partial charge in [0.2, 0.25) is 0 Å². The summed E-state index contributed by atoms with van der Waals surface area (Å²) in [6.45, 7) is 6.08. The molecule has 2 rings (SSSR count). The first-order valence-corrected chi connectivity index (χ1v) is 5.33. The van der Waals surface area contributed by atoms with Crippen molar-refractivity contribution in [2.24, 2.45) is 11.3 Å². The van der Waals surface area contributed by atoms with Crippen LogP contribution < -0.4 is 0 Å². The molecule has 0 radical (unpaired) electrons. The molecule has 0 bridgehead atoms. The Balaban J connectivity index is 1.95. The summed E-state index contributed by atoms with van der Waals surface area (Å²) in [5.41, 5.74) is 0.792. The van der Waals surface area contributed by atoms with E-state index < -0.39 is 0 Å². The average Bonchev–Trinajstić information content (AvgIpc) is 2.68. The molecule has 1 atom stereocenters. The van der Waals surface area contributed by atoms with Gasteiger partial charge >= 0.3 is 0 Å². The molecule has 0 unspecified atom stereocenters. The number of rotatable bonds is 1. The Hall–Kier alpha value is -0.0400. The fourth-order valence-electron chi connectivity index (χ4n) is 2.83. The molecule has 1 aliphatic carbocycles. The summed E-state index contributed by atoms with van der Waals surface area (Å²) in [5, 5.41) is 0. The van der Waals surface area contributed by atoms with Gasteiger partial charge in [0, 0.05) is 12.6 Å². The van der Waals surface area contributed by atoms with Gasteiger partial charge < -0.3 is 4.90 Å². The van der Waals surface area contributed by atoms with Gasteiger partial charge in [-0.25, -0.2) is 0 Å². The molecule has 1 saturated carbocycles. The largest absolute Gasteiger partial charge is 0.303 e. The maximum atomic E-state index is 2.60. The van der Waals surface area contributed by atoms with Crippen LogP contribution in [0, 0.1) is 11.3 Å². The minimum absolute atomic E-state index is 0.792. The Morgan fingerprint density at radius 2 is 1.92 bits per heavy atom. The van der Waals surface area contributed by atoms with Gasteiger partial charge in [-0.2, -0.15) is 0 Å². The molecule has 1 spiro atoms. The predicted octanol–water partition coefficient (Wildman–Crippen LogP) is 2.52. The highest BCUT2D eigenvalue weighted by atomic mass is 15.2. The van der Waals surface area contributed by atoms with Gasteiger partial charge in [0.15, 0.2) is 0 Å². The highest BCUT2D eigenvalue weighted by Gasteiger charge is 2.47. The molecule has 12 heavy (non-hydrogen) atoms. The second-order valence-corrected chi connectivity index (χ2v) is 5.27. The normalized spacial score (nSPS) is 34.5. The molecule has 0 aromatic carbocycles. The lowest BCUT2D eigenvalue weighted by Crippen LogP contribution is -2.44. The Bertz CT molecular complexity index is 170. The van der Waals surface area contributed by atoms with E-state index in [1.165, 1.54) is 32.2 Å². The SMILES string of the molecule is CC(C)[C@@H]1CCC2(CC2)CN1C. The molecule has 1 saturated heterocycles. The zero-order chi connectivity index (χ0) is 8.77. The third kappa shape index (κ3) is 1.39. The molecule has 1 nitrogen and oxygen atoms in total. The smallest absolute Gasteiger partial charge is 0.0116 e. The van der Waals surface area contributed by atoms with E-state index in [-0.39, 0.29) is 0 Å². The third-order valence-electron chi connectivity index (χ3n) is 3.85. The van der Waals surface area contributed by atoms with Crippen molar-refractivity contribution in [3.63, 3.8) is 0 Å². The second-order valence-electron chi connectivity index (χ2n) is 5.27. The topological polar surface area (TPSA) is 3.24 Å². The first-order chi connectivity index (χ1) is 5.63. The van der Waals surface area contributed by atoms with Crippen LogP contribution in [0.4, 0.5) is 0 Å². The number of hydrogen-bond donors (Lipinski definition) is 0. The van der Waals surface area contributed by atoms with E-state index in [1.807, 2.05) is 0 Å². The van der Waals surface area contributed by atoms with Crippen LogP contribution in [0.1, 0.15) is 39.5 Å². The molecule has 70 valence electrons. The fraction of sp³-hybridized carbons (Fsp3) is 1.00. The summed E-state index contributed by atoms with van der Waals surface area (Å²) in [7, 11) is 2.31. The third-order valence-corrected chi connectivity index (χ3v) is 3.85. The molecule has 1 heteroatoms. The lowest BCUT2D eigenvalue weighted by Gasteiger charge is -2.39. The predicted molar refractivity (Wildman–Crippen MR) is 52.2 cm³/mol. The summed E-state index contributed by atoms with van der Waals surface area (Å²) in [5.74, 6) is 0.839. The molecule has 0 aromatic heterocycles. The highest BCUT2D eigenvalue weighted by Crippen LogP contribution is 2.53. The van der Waals surface area contributed by atoms with Crippen LogP contribution in [0.25, 0.3) is 0 Å². The maximum Gasteiger partial charge on any atom is 0.0116 e. The molecule has 2 fully saturated rings. The minimum atomic E-state index is 0.792. The number of likely N-dealkylation sites (tertiary alicyclic amines) is 1. The standard InChI is InChI=1S/C11H21N/c1-9(2)10-4-5-11(6-7-11)8-12(10)3/h9-10H,4-8H2,1-3H3/t10-/m0/s1. The van der Waals surface area contributed by atoms with E-state index in [9.17, 15) is 0 Å². The van der Waals surface area contributed by atoms with E-state index in [1.54, 1.807) is 0 Å². The highest BCUT2D eigenvalue weighted by molar-refractivity contribution is 5.00. The van der Waals surface area contributed by atoms with Crippen LogP contribution in [-0.4, -0.2) is 24.5 Å². The Morgan fingerprint density at radius 3 is 2.33 bits per heavy atom. The number of nitrogens with zero attached hydrogens (tertiary/aromatic N) is 1. The Kier molecular flexibility index (Phi) is 1.95. The Morgan fingerprint density at radius 1 is 1.25 bits per heavy atom. The van der Waals surface area contributed by atoms with Gasteiger partial charge in [-0.3, -0.25) is 0 Å². The minimum Gasteiger partial charge on any atom is -0.303 e. The van der Waals surface area contributed by atoms with E-state index in [2.05, 4.69) is 25.8 Å². The van der Waals surface area contributed by atoms with Crippen molar-refractivity contribution in [1.29, 1.82) is 0 Å². The van der Waals surface area contributed by atoms with E-state index in [0.29, 0.717) is 0 Å². The summed E-state index contributed by atoms with van der Waals surface area (Å²) in [6, 6.07) is 0.858. The summed E-state index contributed by atoms with van der Waals surface area (Å²) < 4.78 is 0. The van der Waals surface area contributed by atoms with Gasteiger partial charge in [-0.1, -0.05) is 13.8 Å². The summed E-state index contributed by atoms with van der Waals surface area (Å²) in [6.07, 6.45) is 5.94. The molecule has 0 N–H and O–H groups in total. The number of piperidine rings is 1. The quantitative estimate of drug-likeness (QED) is 0.580. The maximum absolute atomic E-state index is 2.60. The van der Waals surface area contributed by atoms with Crippen LogP contribution in [0.3, 0.4) is 0 Å². The van der Waals surface area contributed by atoms with Crippen molar-refractivity contribution < 1.29 is 0 Å². The van der Waals surface area contributed by atoms with Crippen LogP contribution in [0.2, 0.25) is 0 Å². The van der Waals surface area contributed by atoms with Gasteiger partial charge in [-0.05, 0) is 44.1 Å². The zero-order valence-electron chi connectivity index (χ0n) is 8.64. The lowest BCUT2D eigenvalue weighted by molar-refractivity contribution is 0.0944. The summed E-state index contributed by atoms with van der Waals surface area (Å²) in [4.78, 5) is 2.60. The van der Waals surface area contributed by atoms with Gasteiger partial charge in [0.05, 0.1) is 0 Å². The zero-order valence-corrected chi connectivity index (χ0v) is 8.64. The van der Waals surface area contributed by atoms with Gasteiger partial charge in [0.25, 0.3) is 0 Å². The number of hydrogen-bond acceptors (Lipinski definition) is 1. The van der Waals surface area contributed by atoms with Crippen molar-refractivity contribution in [2.45, 2.75) is 45.6 Å². The van der Waals surface area contributed by atoms with Crippen LogP contribution in [-0.2, 0) is 0 Å². The van der Waals surface area contributed by atoms with Crippen LogP contribution >= 0.6 is 0 Å². The van der Waals surface area contributed by atoms with Crippen molar-refractivity contribution >= 4 is 0 Å². The first kappa shape index (κ1) is 8.55. The van der Waals surface area contributed by atoms with E-state index in [0.717, 1.165) is 17.4 Å². The molecule has 2 aliphatic rings. The first-order valence-electron chi connectivity index (χ1n) is 5.33. The molecular weight excluding hydrogens is 146 g/mol. The van der Waals surface area contributed by atoms with E-state index >= 15 is 0 Å². The Labute approximate surface area is 76.1 Å². The molecular formula is C11H21N.